The number of rotatable bonds is 7. The topological polar surface area (TPSA) is 97.0 Å². The molecule has 0 saturated carbocycles. The van der Waals surface area contributed by atoms with Gasteiger partial charge in [-0.05, 0) is 35.6 Å². The predicted octanol–water partition coefficient (Wildman–Crippen LogP) is 2.55. The minimum Gasteiger partial charge on any atom is -0.493 e. The number of ether oxygens (including phenoxy) is 2. The van der Waals surface area contributed by atoms with Gasteiger partial charge in [0.15, 0.2) is 11.5 Å². The van der Waals surface area contributed by atoms with E-state index >= 15 is 0 Å². The molecule has 2 heterocycles. The largest absolute Gasteiger partial charge is 0.493 e. The molecule has 166 valence electrons. The number of hydrogen-bond acceptors (Lipinski definition) is 6. The molecule has 2 aromatic rings. The van der Waals surface area contributed by atoms with Crippen molar-refractivity contribution in [1.82, 2.24) is 15.5 Å². The van der Waals surface area contributed by atoms with Crippen molar-refractivity contribution in [1.29, 1.82) is 0 Å². The molecule has 1 aromatic heterocycles. The van der Waals surface area contributed by atoms with Gasteiger partial charge in [0, 0.05) is 6.54 Å². The zero-order valence-electron chi connectivity index (χ0n) is 16.4. The maximum atomic E-state index is 13.9. The van der Waals surface area contributed by atoms with Crippen LogP contribution >= 0.6 is 11.3 Å². The second-order valence-corrected chi connectivity index (χ2v) is 7.45. The van der Waals surface area contributed by atoms with Gasteiger partial charge in [-0.15, -0.1) is 11.3 Å². The summed E-state index contributed by atoms with van der Waals surface area (Å²) in [7, 11) is 2.87. The number of alkyl halides is 3. The minimum atomic E-state index is -5.26. The number of carbonyl (C=O) groups excluding carboxylic acids is 3. The lowest BCUT2D eigenvalue weighted by atomic mass is 10.1. The Morgan fingerprint density at radius 1 is 1.19 bits per heavy atom. The lowest BCUT2D eigenvalue weighted by Crippen LogP contribution is -2.69. The molecular weight excluding hydrogens is 439 g/mol. The fraction of sp³-hybridized carbons (Fsp3) is 0.316. The molecule has 0 spiro atoms. The standard InChI is InChI=1S/C19H18F3N3O5S/c1-29-12-6-5-11(10-13(12)30-2)7-8-25-16(27)18(19(20,21)22,24-17(25)28)23-15(26)14-4-3-9-31-14/h3-6,9-10H,7-8H2,1-2H3,(H,23,26)(H,24,28). The molecule has 0 radical (unpaired) electrons. The van der Waals surface area contributed by atoms with Crippen molar-refractivity contribution in [2.45, 2.75) is 18.3 Å². The van der Waals surface area contributed by atoms with E-state index in [2.05, 4.69) is 0 Å². The number of carbonyl (C=O) groups is 3. The van der Waals surface area contributed by atoms with Gasteiger partial charge < -0.3 is 14.8 Å². The van der Waals surface area contributed by atoms with E-state index in [1.54, 1.807) is 28.8 Å². The van der Waals surface area contributed by atoms with Crippen molar-refractivity contribution >= 4 is 29.2 Å². The van der Waals surface area contributed by atoms with Crippen LogP contribution in [0.2, 0.25) is 0 Å². The van der Waals surface area contributed by atoms with Crippen LogP contribution in [0.3, 0.4) is 0 Å². The van der Waals surface area contributed by atoms with Gasteiger partial charge in [0.25, 0.3) is 17.5 Å². The maximum Gasteiger partial charge on any atom is 0.440 e. The predicted molar refractivity (Wildman–Crippen MR) is 104 cm³/mol. The second-order valence-electron chi connectivity index (χ2n) is 6.51. The van der Waals surface area contributed by atoms with Crippen LogP contribution in [-0.2, 0) is 11.2 Å². The SMILES string of the molecule is COc1ccc(CCN2C(=O)NC(NC(=O)c3cccs3)(C(F)(F)F)C2=O)cc1OC. The Morgan fingerprint density at radius 3 is 2.48 bits per heavy atom. The highest BCUT2D eigenvalue weighted by Gasteiger charge is 2.68. The van der Waals surface area contributed by atoms with Crippen LogP contribution in [0.5, 0.6) is 11.5 Å². The van der Waals surface area contributed by atoms with E-state index in [-0.39, 0.29) is 17.8 Å². The number of methoxy groups -OCH3 is 2. The molecule has 1 aromatic carbocycles. The Labute approximate surface area is 178 Å². The molecular formula is C19H18F3N3O5S. The molecule has 1 fully saturated rings. The van der Waals surface area contributed by atoms with Crippen molar-refractivity contribution in [2.24, 2.45) is 0 Å². The maximum absolute atomic E-state index is 13.9. The van der Waals surface area contributed by atoms with E-state index in [9.17, 15) is 27.6 Å². The number of nitrogens with one attached hydrogen (secondary N) is 2. The molecule has 12 heteroatoms. The third-order valence-electron chi connectivity index (χ3n) is 4.65. The first-order chi connectivity index (χ1) is 14.6. The van der Waals surface area contributed by atoms with Gasteiger partial charge in [-0.1, -0.05) is 12.1 Å². The third kappa shape index (κ3) is 4.15. The summed E-state index contributed by atoms with van der Waals surface area (Å²) < 4.78 is 51.9. The molecule has 3 rings (SSSR count). The number of amides is 4. The molecule has 0 aliphatic carbocycles. The van der Waals surface area contributed by atoms with Crippen LogP contribution in [-0.4, -0.2) is 55.3 Å². The fourth-order valence-electron chi connectivity index (χ4n) is 3.04. The molecule has 1 atom stereocenters. The summed E-state index contributed by atoms with van der Waals surface area (Å²) in [5, 5.41) is 4.78. The average Bonchev–Trinajstić information content (AvgIpc) is 3.34. The Bertz CT molecular complexity index is 996. The van der Waals surface area contributed by atoms with Crippen LogP contribution < -0.4 is 20.1 Å². The number of imide groups is 1. The number of halogens is 3. The normalized spacial score (nSPS) is 18.7. The number of benzene rings is 1. The number of thiophene rings is 1. The van der Waals surface area contributed by atoms with Crippen molar-refractivity contribution in [3.8, 4) is 11.5 Å². The van der Waals surface area contributed by atoms with Gasteiger partial charge in [0.05, 0.1) is 19.1 Å². The van der Waals surface area contributed by atoms with E-state index < -0.39 is 29.7 Å². The Morgan fingerprint density at radius 2 is 1.90 bits per heavy atom. The quantitative estimate of drug-likeness (QED) is 0.623. The van der Waals surface area contributed by atoms with Crippen molar-refractivity contribution < 1.29 is 37.0 Å². The Balaban J connectivity index is 1.81. The lowest BCUT2D eigenvalue weighted by Gasteiger charge is -2.29. The first-order valence-electron chi connectivity index (χ1n) is 8.90. The summed E-state index contributed by atoms with van der Waals surface area (Å²) in [4.78, 5) is 37.6. The second kappa shape index (κ2) is 8.46. The third-order valence-corrected chi connectivity index (χ3v) is 5.52. The summed E-state index contributed by atoms with van der Waals surface area (Å²) in [6.07, 6.45) is -5.20. The van der Waals surface area contributed by atoms with Crippen LogP contribution in [0.1, 0.15) is 15.2 Å². The number of hydrogen-bond donors (Lipinski definition) is 2. The molecule has 4 amide bonds. The summed E-state index contributed by atoms with van der Waals surface area (Å²) in [6, 6.07) is 6.35. The van der Waals surface area contributed by atoms with Crippen LogP contribution in [0.4, 0.5) is 18.0 Å². The molecule has 1 unspecified atom stereocenters. The number of urea groups is 1. The molecule has 2 N–H and O–H groups in total. The van der Waals surface area contributed by atoms with E-state index in [0.29, 0.717) is 22.0 Å². The van der Waals surface area contributed by atoms with Gasteiger partial charge >= 0.3 is 12.2 Å². The van der Waals surface area contributed by atoms with E-state index in [4.69, 9.17) is 9.47 Å². The summed E-state index contributed by atoms with van der Waals surface area (Å²) in [6.45, 7) is -0.340. The average molecular weight is 457 g/mol. The Hall–Kier alpha value is -3.28. The van der Waals surface area contributed by atoms with Crippen molar-refractivity contribution in [3.63, 3.8) is 0 Å². The lowest BCUT2D eigenvalue weighted by molar-refractivity contribution is -0.200. The highest BCUT2D eigenvalue weighted by Crippen LogP contribution is 2.34. The van der Waals surface area contributed by atoms with Gasteiger partial charge in [-0.3, -0.25) is 19.8 Å². The first kappa shape index (κ1) is 22.4. The first-order valence-corrected chi connectivity index (χ1v) is 9.78. The smallest absolute Gasteiger partial charge is 0.440 e. The molecule has 8 nitrogen and oxygen atoms in total. The molecule has 1 saturated heterocycles. The van der Waals surface area contributed by atoms with E-state index in [1.807, 2.05) is 0 Å². The van der Waals surface area contributed by atoms with Gasteiger partial charge in [-0.25, -0.2) is 4.79 Å². The van der Waals surface area contributed by atoms with Crippen LogP contribution in [0, 0.1) is 0 Å². The van der Waals surface area contributed by atoms with Gasteiger partial charge in [0.1, 0.15) is 0 Å². The highest BCUT2D eigenvalue weighted by atomic mass is 32.1. The zero-order valence-corrected chi connectivity index (χ0v) is 17.2. The molecule has 0 bridgehead atoms. The van der Waals surface area contributed by atoms with E-state index in [1.165, 1.54) is 31.7 Å². The monoisotopic (exact) mass is 457 g/mol. The van der Waals surface area contributed by atoms with Crippen LogP contribution in [0.15, 0.2) is 35.7 Å². The summed E-state index contributed by atoms with van der Waals surface area (Å²) in [5.41, 5.74) is -2.94. The van der Waals surface area contributed by atoms with Gasteiger partial charge in [-0.2, -0.15) is 13.2 Å². The fourth-order valence-corrected chi connectivity index (χ4v) is 3.66. The molecule has 1 aliphatic heterocycles. The minimum absolute atomic E-state index is 0.0329. The molecule has 1 aliphatic rings. The summed E-state index contributed by atoms with van der Waals surface area (Å²) in [5.74, 6) is -1.88. The van der Waals surface area contributed by atoms with E-state index in [0.717, 1.165) is 11.3 Å². The Kier molecular flexibility index (Phi) is 6.11. The number of nitrogens with zero attached hydrogens (tertiary/aromatic N) is 1. The summed E-state index contributed by atoms with van der Waals surface area (Å²) >= 11 is 0.901. The van der Waals surface area contributed by atoms with Crippen LogP contribution in [0.25, 0.3) is 0 Å². The zero-order chi connectivity index (χ0) is 22.8. The van der Waals surface area contributed by atoms with Crippen molar-refractivity contribution in [3.05, 3.63) is 46.2 Å². The highest BCUT2D eigenvalue weighted by molar-refractivity contribution is 7.12. The van der Waals surface area contributed by atoms with Gasteiger partial charge in [0.2, 0.25) is 0 Å². The molecule has 31 heavy (non-hydrogen) atoms. The van der Waals surface area contributed by atoms with Crippen molar-refractivity contribution in [2.75, 3.05) is 20.8 Å².